The van der Waals surface area contributed by atoms with Gasteiger partial charge in [0.25, 0.3) is 0 Å². The Morgan fingerprint density at radius 1 is 1.25 bits per heavy atom. The molecule has 0 fully saturated rings. The van der Waals surface area contributed by atoms with E-state index >= 15 is 0 Å². The maximum absolute atomic E-state index is 11.7. The van der Waals surface area contributed by atoms with Crippen molar-refractivity contribution >= 4 is 22.5 Å². The summed E-state index contributed by atoms with van der Waals surface area (Å²) in [5.41, 5.74) is 2.38. The Morgan fingerprint density at radius 3 is 2.85 bits per heavy atom. The largest absolute Gasteiger partial charge is 0.493 e. The number of aryl methyl sites for hydroxylation is 1. The van der Waals surface area contributed by atoms with E-state index in [4.69, 9.17) is 0 Å². The van der Waals surface area contributed by atoms with E-state index in [2.05, 4.69) is 20.2 Å². The Kier molecular flexibility index (Phi) is 2.83. The lowest BCUT2D eigenvalue weighted by atomic mass is 10.1. The van der Waals surface area contributed by atoms with E-state index in [1.807, 2.05) is 25.1 Å². The average molecular weight is 268 g/mol. The van der Waals surface area contributed by atoms with Crippen LogP contribution < -0.4 is 0 Å². The third-order valence-electron chi connectivity index (χ3n) is 3.06. The highest BCUT2D eigenvalue weighted by Crippen LogP contribution is 2.36. The molecule has 0 aliphatic rings. The molecule has 1 aromatic carbocycles. The quantitative estimate of drug-likeness (QED) is 0.621. The highest BCUT2D eigenvalue weighted by Gasteiger charge is 2.12. The van der Waals surface area contributed by atoms with Crippen LogP contribution in [0.2, 0.25) is 0 Å². The molecule has 0 bridgehead atoms. The fraction of sp³-hybridized carbons (Fsp3) is 0.0714. The minimum Gasteiger partial charge on any atom is -0.493 e. The van der Waals surface area contributed by atoms with Crippen molar-refractivity contribution in [2.45, 2.75) is 6.92 Å². The number of para-hydroxylation sites is 1. The van der Waals surface area contributed by atoms with Crippen LogP contribution in [0.25, 0.3) is 10.9 Å². The lowest BCUT2D eigenvalue weighted by Gasteiger charge is -1.94. The first-order chi connectivity index (χ1) is 9.66. The Balaban J connectivity index is 2.01. The summed E-state index contributed by atoms with van der Waals surface area (Å²) in [4.78, 5) is 17.3. The van der Waals surface area contributed by atoms with Crippen molar-refractivity contribution in [3.63, 3.8) is 0 Å². The predicted molar refractivity (Wildman–Crippen MR) is 74.3 cm³/mol. The number of H-pyrrole nitrogens is 2. The minimum absolute atomic E-state index is 0.0997. The van der Waals surface area contributed by atoms with E-state index in [0.29, 0.717) is 5.69 Å². The molecule has 3 N–H and O–H groups in total. The van der Waals surface area contributed by atoms with Crippen molar-refractivity contribution in [2.75, 3.05) is 0 Å². The van der Waals surface area contributed by atoms with Crippen LogP contribution in [0.4, 0.5) is 5.69 Å². The smallest absolute Gasteiger partial charge is 0.311 e. The third-order valence-corrected chi connectivity index (χ3v) is 3.06. The van der Waals surface area contributed by atoms with Crippen molar-refractivity contribution in [1.29, 1.82) is 0 Å². The topological polar surface area (TPSA) is 93.6 Å². The number of carbonyl (C=O) groups is 1. The van der Waals surface area contributed by atoms with Crippen LogP contribution >= 0.6 is 0 Å². The van der Waals surface area contributed by atoms with Crippen LogP contribution in [0.5, 0.6) is 5.88 Å². The first kappa shape index (κ1) is 12.2. The summed E-state index contributed by atoms with van der Waals surface area (Å²) in [6.07, 6.45) is 1.63. The number of amides is 1. The van der Waals surface area contributed by atoms with Gasteiger partial charge in [0, 0.05) is 11.6 Å². The number of carbonyl (C=O) groups excluding carboxylic acids is 1. The maximum atomic E-state index is 11.7. The van der Waals surface area contributed by atoms with Crippen LogP contribution in [-0.4, -0.2) is 21.0 Å². The van der Waals surface area contributed by atoms with Crippen LogP contribution in [-0.2, 0) is 0 Å². The number of benzene rings is 1. The molecule has 100 valence electrons. The molecule has 0 saturated heterocycles. The van der Waals surface area contributed by atoms with Crippen molar-refractivity contribution in [1.82, 2.24) is 9.97 Å². The molecule has 20 heavy (non-hydrogen) atoms. The number of rotatable bonds is 2. The molecule has 0 saturated carbocycles. The number of aromatic nitrogens is 2. The Labute approximate surface area is 114 Å². The number of aromatic amines is 2. The second kappa shape index (κ2) is 4.65. The van der Waals surface area contributed by atoms with Crippen LogP contribution in [0.15, 0.2) is 46.8 Å². The van der Waals surface area contributed by atoms with Crippen molar-refractivity contribution in [2.24, 2.45) is 10.2 Å². The summed E-state index contributed by atoms with van der Waals surface area (Å²) in [6, 6.07) is 8.90. The molecule has 6 heteroatoms. The van der Waals surface area contributed by atoms with Crippen molar-refractivity contribution < 1.29 is 9.90 Å². The Bertz CT molecular complexity index is 800. The summed E-state index contributed by atoms with van der Waals surface area (Å²) < 4.78 is 0. The highest BCUT2D eigenvalue weighted by atomic mass is 16.3. The standard InChI is InChI=1S/C14H12N4O2/c1-8-4-2-5-9-11(8)16-14(20)12(9)17-18-13(19)10-6-3-7-15-10/h2-7,15-16,20H,1H3. The number of nitrogens with zero attached hydrogens (tertiary/aromatic N) is 2. The number of fused-ring (bicyclic) bond motifs is 1. The second-order valence-electron chi connectivity index (χ2n) is 4.41. The third kappa shape index (κ3) is 1.97. The molecular weight excluding hydrogens is 256 g/mol. The van der Waals surface area contributed by atoms with Gasteiger partial charge in [0.2, 0.25) is 5.88 Å². The summed E-state index contributed by atoms with van der Waals surface area (Å²) in [5, 5.41) is 18.1. The van der Waals surface area contributed by atoms with Gasteiger partial charge in [-0.15, -0.1) is 10.2 Å². The van der Waals surface area contributed by atoms with Gasteiger partial charge < -0.3 is 15.1 Å². The number of hydrogen-bond donors (Lipinski definition) is 3. The summed E-state index contributed by atoms with van der Waals surface area (Å²) in [6.45, 7) is 1.92. The van der Waals surface area contributed by atoms with E-state index in [-0.39, 0.29) is 11.6 Å². The Morgan fingerprint density at radius 2 is 2.10 bits per heavy atom. The molecule has 0 atom stereocenters. The van der Waals surface area contributed by atoms with Gasteiger partial charge in [0.15, 0.2) is 5.69 Å². The van der Waals surface area contributed by atoms with Gasteiger partial charge >= 0.3 is 5.91 Å². The van der Waals surface area contributed by atoms with Gasteiger partial charge in [0.05, 0.1) is 5.52 Å². The summed E-state index contributed by atoms with van der Waals surface area (Å²) in [7, 11) is 0. The molecule has 2 heterocycles. The van der Waals surface area contributed by atoms with Gasteiger partial charge in [-0.05, 0) is 24.6 Å². The predicted octanol–water partition coefficient (Wildman–Crippen LogP) is 3.43. The molecule has 1 amide bonds. The van der Waals surface area contributed by atoms with E-state index in [1.54, 1.807) is 18.3 Å². The van der Waals surface area contributed by atoms with Crippen molar-refractivity contribution in [3.8, 4) is 5.88 Å². The van der Waals surface area contributed by atoms with Gasteiger partial charge in [-0.1, -0.05) is 18.2 Å². The normalized spacial score (nSPS) is 11.4. The summed E-state index contributed by atoms with van der Waals surface area (Å²) in [5.74, 6) is -0.589. The summed E-state index contributed by atoms with van der Waals surface area (Å²) >= 11 is 0. The SMILES string of the molecule is Cc1cccc2c(N=NC(=O)c3ccc[nH]3)c(O)[nH]c12. The first-order valence-corrected chi connectivity index (χ1v) is 6.06. The molecular formula is C14H12N4O2. The van der Waals surface area contributed by atoms with Gasteiger partial charge in [-0.3, -0.25) is 4.79 Å². The zero-order valence-corrected chi connectivity index (χ0v) is 10.7. The number of hydrogen-bond acceptors (Lipinski definition) is 3. The molecule has 3 rings (SSSR count). The molecule has 0 aliphatic carbocycles. The Hall–Kier alpha value is -2.89. The van der Waals surface area contributed by atoms with Crippen LogP contribution in [0.3, 0.4) is 0 Å². The number of nitrogens with one attached hydrogen (secondary N) is 2. The fourth-order valence-corrected chi connectivity index (χ4v) is 2.05. The lowest BCUT2D eigenvalue weighted by Crippen LogP contribution is -1.92. The fourth-order valence-electron chi connectivity index (χ4n) is 2.05. The first-order valence-electron chi connectivity index (χ1n) is 6.06. The van der Waals surface area contributed by atoms with E-state index in [9.17, 15) is 9.90 Å². The lowest BCUT2D eigenvalue weighted by molar-refractivity contribution is 0.0991. The van der Waals surface area contributed by atoms with E-state index in [0.717, 1.165) is 16.5 Å². The van der Waals surface area contributed by atoms with Gasteiger partial charge in [-0.2, -0.15) is 0 Å². The molecule has 0 aliphatic heterocycles. The molecule has 6 nitrogen and oxygen atoms in total. The molecule has 2 aromatic heterocycles. The number of azo groups is 1. The van der Waals surface area contributed by atoms with Crippen molar-refractivity contribution in [3.05, 3.63) is 47.8 Å². The van der Waals surface area contributed by atoms with Gasteiger partial charge in [-0.25, -0.2) is 0 Å². The van der Waals surface area contributed by atoms with Crippen LogP contribution in [0, 0.1) is 6.92 Å². The zero-order chi connectivity index (χ0) is 14.1. The molecule has 0 radical (unpaired) electrons. The minimum atomic E-state index is -0.489. The zero-order valence-electron chi connectivity index (χ0n) is 10.7. The second-order valence-corrected chi connectivity index (χ2v) is 4.41. The monoisotopic (exact) mass is 268 g/mol. The van der Waals surface area contributed by atoms with E-state index < -0.39 is 5.91 Å². The molecule has 0 spiro atoms. The number of aromatic hydroxyl groups is 1. The molecule has 0 unspecified atom stereocenters. The van der Waals surface area contributed by atoms with Gasteiger partial charge in [0.1, 0.15) is 5.69 Å². The van der Waals surface area contributed by atoms with E-state index in [1.165, 1.54) is 0 Å². The maximum Gasteiger partial charge on any atom is 0.311 e. The highest BCUT2D eigenvalue weighted by molar-refractivity contribution is 5.97. The average Bonchev–Trinajstić information content (AvgIpc) is 3.05. The van der Waals surface area contributed by atoms with Crippen LogP contribution in [0.1, 0.15) is 16.1 Å². The molecule has 3 aromatic rings.